The first-order valence-electron chi connectivity index (χ1n) is 5.64. The van der Waals surface area contributed by atoms with Crippen LogP contribution < -0.4 is 11.1 Å². The summed E-state index contributed by atoms with van der Waals surface area (Å²) in [6.07, 6.45) is 0.254. The first-order chi connectivity index (χ1) is 8.43. The Labute approximate surface area is 105 Å². The number of nitrogens with one attached hydrogen (secondary N) is 1. The molecule has 0 saturated carbocycles. The Morgan fingerprint density at radius 1 is 1.56 bits per heavy atom. The normalized spacial score (nSPS) is 12.0. The van der Waals surface area contributed by atoms with Crippen LogP contribution in [0.25, 0.3) is 0 Å². The van der Waals surface area contributed by atoms with Gasteiger partial charge in [-0.25, -0.2) is 4.79 Å². The molecule has 0 aliphatic rings. The van der Waals surface area contributed by atoms with Crippen LogP contribution in [-0.4, -0.2) is 25.0 Å². The molecule has 0 fully saturated rings. The monoisotopic (exact) mass is 254 g/mol. The average Bonchev–Trinajstić information content (AvgIpc) is 2.66. The zero-order valence-corrected chi connectivity index (χ0v) is 10.8. The predicted molar refractivity (Wildman–Crippen MR) is 64.9 cm³/mol. The van der Waals surface area contributed by atoms with Crippen LogP contribution in [0.2, 0.25) is 0 Å². The van der Waals surface area contributed by atoms with E-state index in [9.17, 15) is 9.59 Å². The van der Waals surface area contributed by atoms with Gasteiger partial charge in [0.15, 0.2) is 0 Å². The van der Waals surface area contributed by atoms with Crippen molar-refractivity contribution in [3.63, 3.8) is 0 Å². The van der Waals surface area contributed by atoms with Crippen molar-refractivity contribution in [3.05, 3.63) is 23.2 Å². The maximum absolute atomic E-state index is 11.4. The summed E-state index contributed by atoms with van der Waals surface area (Å²) in [6, 6.07) is 1.38. The smallest absolute Gasteiger partial charge is 0.341 e. The third kappa shape index (κ3) is 3.89. The minimum Gasteiger partial charge on any atom is -0.465 e. The fourth-order valence-corrected chi connectivity index (χ4v) is 1.49. The van der Waals surface area contributed by atoms with Gasteiger partial charge in [0.1, 0.15) is 17.1 Å². The molecule has 0 aliphatic carbocycles. The Hall–Kier alpha value is -1.82. The SMILES string of the molecule is COC(=O)c1cc(CNC(=O)CC(C)N)oc1C. The Morgan fingerprint density at radius 2 is 2.22 bits per heavy atom. The lowest BCUT2D eigenvalue weighted by atomic mass is 10.2. The highest BCUT2D eigenvalue weighted by atomic mass is 16.5. The zero-order valence-electron chi connectivity index (χ0n) is 10.8. The number of methoxy groups -OCH3 is 1. The van der Waals surface area contributed by atoms with Gasteiger partial charge in [-0.2, -0.15) is 0 Å². The molecule has 1 aromatic heterocycles. The van der Waals surface area contributed by atoms with Gasteiger partial charge in [0.25, 0.3) is 0 Å². The minimum absolute atomic E-state index is 0.154. The molecule has 0 aromatic carbocycles. The number of amides is 1. The van der Waals surface area contributed by atoms with Crippen LogP contribution in [-0.2, 0) is 16.1 Å². The Morgan fingerprint density at radius 3 is 2.78 bits per heavy atom. The molecule has 1 rings (SSSR count). The highest BCUT2D eigenvalue weighted by Gasteiger charge is 2.15. The number of ether oxygens (including phenoxy) is 1. The molecular formula is C12H18N2O4. The molecule has 3 N–H and O–H groups in total. The lowest BCUT2D eigenvalue weighted by Crippen LogP contribution is -2.29. The number of carbonyl (C=O) groups excluding carboxylic acids is 2. The number of rotatable bonds is 5. The summed E-state index contributed by atoms with van der Waals surface area (Å²) in [6.45, 7) is 3.65. The van der Waals surface area contributed by atoms with E-state index in [1.54, 1.807) is 19.9 Å². The summed E-state index contributed by atoms with van der Waals surface area (Å²) >= 11 is 0. The number of furan rings is 1. The molecule has 0 spiro atoms. The maximum atomic E-state index is 11.4. The van der Waals surface area contributed by atoms with Crippen LogP contribution in [0.4, 0.5) is 0 Å². The Balaban J connectivity index is 2.59. The van der Waals surface area contributed by atoms with Crippen LogP contribution in [0.3, 0.4) is 0 Å². The van der Waals surface area contributed by atoms with Gasteiger partial charge >= 0.3 is 5.97 Å². The van der Waals surface area contributed by atoms with Crippen molar-refractivity contribution in [2.75, 3.05) is 7.11 Å². The predicted octanol–water partition coefficient (Wildman–Crippen LogP) is 0.728. The first kappa shape index (κ1) is 14.2. The quantitative estimate of drug-likeness (QED) is 0.755. The van der Waals surface area contributed by atoms with E-state index in [0.717, 1.165) is 0 Å². The summed E-state index contributed by atoms with van der Waals surface area (Å²) in [5.41, 5.74) is 5.87. The number of aryl methyl sites for hydroxylation is 1. The molecular weight excluding hydrogens is 236 g/mol. The lowest BCUT2D eigenvalue weighted by Gasteiger charge is -2.05. The van der Waals surface area contributed by atoms with Gasteiger partial charge in [-0.15, -0.1) is 0 Å². The van der Waals surface area contributed by atoms with Crippen molar-refractivity contribution < 1.29 is 18.7 Å². The highest BCUT2D eigenvalue weighted by Crippen LogP contribution is 2.15. The lowest BCUT2D eigenvalue weighted by molar-refractivity contribution is -0.121. The molecule has 0 bridgehead atoms. The fraction of sp³-hybridized carbons (Fsp3) is 0.500. The van der Waals surface area contributed by atoms with Crippen molar-refractivity contribution in [2.24, 2.45) is 5.73 Å². The van der Waals surface area contributed by atoms with E-state index in [1.807, 2.05) is 0 Å². The van der Waals surface area contributed by atoms with Crippen molar-refractivity contribution in [3.8, 4) is 0 Å². The standard InChI is InChI=1S/C12H18N2O4/c1-7(13)4-11(15)14-6-9-5-10(8(2)18-9)12(16)17-3/h5,7H,4,6,13H2,1-3H3,(H,14,15). The van der Waals surface area contributed by atoms with E-state index >= 15 is 0 Å². The molecule has 1 aromatic rings. The molecule has 1 unspecified atom stereocenters. The Kier molecular flexibility index (Phi) is 4.91. The Bertz CT molecular complexity index is 437. The van der Waals surface area contributed by atoms with E-state index < -0.39 is 5.97 Å². The topological polar surface area (TPSA) is 94.6 Å². The van der Waals surface area contributed by atoms with Crippen LogP contribution in [0.5, 0.6) is 0 Å². The summed E-state index contributed by atoms with van der Waals surface area (Å²) in [7, 11) is 1.30. The number of esters is 1. The van der Waals surface area contributed by atoms with Crippen molar-refractivity contribution in [2.45, 2.75) is 32.9 Å². The molecule has 0 radical (unpaired) electrons. The van der Waals surface area contributed by atoms with E-state index in [1.165, 1.54) is 7.11 Å². The van der Waals surface area contributed by atoms with Gasteiger partial charge in [-0.05, 0) is 19.9 Å². The highest BCUT2D eigenvalue weighted by molar-refractivity contribution is 5.90. The minimum atomic E-state index is -0.454. The van der Waals surface area contributed by atoms with Crippen LogP contribution in [0.15, 0.2) is 10.5 Å². The van der Waals surface area contributed by atoms with E-state index in [0.29, 0.717) is 17.1 Å². The molecule has 0 aliphatic heterocycles. The van der Waals surface area contributed by atoms with Gasteiger partial charge in [0.05, 0.1) is 13.7 Å². The third-order valence-corrected chi connectivity index (χ3v) is 2.34. The van der Waals surface area contributed by atoms with Crippen LogP contribution in [0.1, 0.15) is 35.2 Å². The molecule has 18 heavy (non-hydrogen) atoms. The van der Waals surface area contributed by atoms with Crippen molar-refractivity contribution in [1.29, 1.82) is 0 Å². The molecule has 100 valence electrons. The average molecular weight is 254 g/mol. The number of hydrogen-bond donors (Lipinski definition) is 2. The second-order valence-electron chi connectivity index (χ2n) is 4.13. The molecule has 1 atom stereocenters. The van der Waals surface area contributed by atoms with E-state index in [4.69, 9.17) is 10.2 Å². The van der Waals surface area contributed by atoms with Crippen LogP contribution in [0, 0.1) is 6.92 Å². The summed E-state index contributed by atoms with van der Waals surface area (Å²) < 4.78 is 9.95. The molecule has 1 heterocycles. The van der Waals surface area contributed by atoms with Crippen LogP contribution >= 0.6 is 0 Å². The molecule has 6 nitrogen and oxygen atoms in total. The van der Waals surface area contributed by atoms with Gasteiger partial charge in [-0.1, -0.05) is 0 Å². The second-order valence-corrected chi connectivity index (χ2v) is 4.13. The molecule has 1 amide bonds. The first-order valence-corrected chi connectivity index (χ1v) is 5.64. The van der Waals surface area contributed by atoms with Crippen molar-refractivity contribution >= 4 is 11.9 Å². The zero-order chi connectivity index (χ0) is 13.7. The largest absolute Gasteiger partial charge is 0.465 e. The molecule has 6 heteroatoms. The summed E-state index contributed by atoms with van der Waals surface area (Å²) in [4.78, 5) is 22.7. The van der Waals surface area contributed by atoms with E-state index in [2.05, 4.69) is 10.1 Å². The summed E-state index contributed by atoms with van der Waals surface area (Å²) in [5.74, 6) is 0.368. The van der Waals surface area contributed by atoms with Crippen molar-refractivity contribution in [1.82, 2.24) is 5.32 Å². The number of hydrogen-bond acceptors (Lipinski definition) is 5. The second kappa shape index (κ2) is 6.20. The van der Waals surface area contributed by atoms with Gasteiger partial charge in [0, 0.05) is 12.5 Å². The van der Waals surface area contributed by atoms with Gasteiger partial charge in [-0.3, -0.25) is 4.79 Å². The van der Waals surface area contributed by atoms with E-state index in [-0.39, 0.29) is 24.9 Å². The van der Waals surface area contributed by atoms with Gasteiger partial charge < -0.3 is 20.2 Å². The maximum Gasteiger partial charge on any atom is 0.341 e. The third-order valence-electron chi connectivity index (χ3n) is 2.34. The number of carbonyl (C=O) groups is 2. The number of nitrogens with two attached hydrogens (primary N) is 1. The molecule has 0 saturated heterocycles. The fourth-order valence-electron chi connectivity index (χ4n) is 1.49. The summed E-state index contributed by atoms with van der Waals surface area (Å²) in [5, 5.41) is 2.66. The van der Waals surface area contributed by atoms with Gasteiger partial charge in [0.2, 0.25) is 5.91 Å².